The van der Waals surface area contributed by atoms with E-state index in [-0.39, 0.29) is 5.91 Å². The van der Waals surface area contributed by atoms with Crippen LogP contribution in [-0.4, -0.2) is 68.2 Å². The molecule has 1 aromatic heterocycles. The van der Waals surface area contributed by atoms with Crippen LogP contribution in [0.5, 0.6) is 0 Å². The van der Waals surface area contributed by atoms with Gasteiger partial charge >= 0.3 is 0 Å². The number of carbonyl (C=O) groups is 1. The van der Waals surface area contributed by atoms with Crippen LogP contribution in [0.1, 0.15) is 19.3 Å². The minimum Gasteiger partial charge on any atom is -0.341 e. The number of likely N-dealkylation sites (tertiary alicyclic amines) is 1. The highest BCUT2D eigenvalue weighted by molar-refractivity contribution is 6.46. The number of tetrazole rings is 1. The second kappa shape index (κ2) is 8.46. The number of nitrogens with zero attached hydrogens (tertiary/aromatic N) is 9. The first-order valence-corrected chi connectivity index (χ1v) is 10.3. The lowest BCUT2D eigenvalue weighted by Gasteiger charge is -2.33. The van der Waals surface area contributed by atoms with Crippen molar-refractivity contribution in [3.8, 4) is 17.5 Å². The fourth-order valence-corrected chi connectivity index (χ4v) is 3.88. The molecule has 0 aliphatic carbocycles. The van der Waals surface area contributed by atoms with Crippen LogP contribution in [0.25, 0.3) is 11.4 Å². The molecule has 12 heteroatoms. The number of amidine groups is 1. The predicted molar refractivity (Wildman–Crippen MR) is 116 cm³/mol. The fraction of sp³-hybridized carbons (Fsp3) is 0.350. The first-order chi connectivity index (χ1) is 15.7. The Balaban J connectivity index is 1.44. The van der Waals surface area contributed by atoms with E-state index >= 15 is 0 Å². The minimum atomic E-state index is -0.718. The number of piperidine rings is 1. The van der Waals surface area contributed by atoms with Gasteiger partial charge in [0.2, 0.25) is 11.8 Å². The number of H-pyrrole nitrogens is 1. The summed E-state index contributed by atoms with van der Waals surface area (Å²) in [6.07, 6.45) is 3.91. The molecule has 2 aromatic rings. The molecule has 0 radical (unpaired) electrons. The first-order valence-electron chi connectivity index (χ1n) is 10.3. The molecule has 4 heterocycles. The van der Waals surface area contributed by atoms with Gasteiger partial charge in [0.1, 0.15) is 5.92 Å². The molecule has 2 N–H and O–H groups in total. The Labute approximate surface area is 182 Å². The van der Waals surface area contributed by atoms with Crippen LogP contribution in [0.2, 0.25) is 0 Å². The molecular weight excluding hydrogens is 410 g/mol. The van der Waals surface area contributed by atoms with Crippen molar-refractivity contribution in [2.24, 2.45) is 31.9 Å². The minimum absolute atomic E-state index is 0.316. The highest BCUT2D eigenvalue weighted by atomic mass is 16.2. The Bertz CT molecular complexity index is 1160. The van der Waals surface area contributed by atoms with Gasteiger partial charge in [-0.15, -0.1) is 10.2 Å². The summed E-state index contributed by atoms with van der Waals surface area (Å²) in [7, 11) is 0. The van der Waals surface area contributed by atoms with E-state index in [1.54, 1.807) is 0 Å². The molecule has 160 valence electrons. The Hall–Kier alpha value is -4.27. The van der Waals surface area contributed by atoms with Crippen LogP contribution in [0.4, 0.5) is 5.69 Å². The number of aromatic amines is 1. The van der Waals surface area contributed by atoms with Crippen LogP contribution in [0.3, 0.4) is 0 Å². The van der Waals surface area contributed by atoms with E-state index in [1.165, 1.54) is 6.21 Å². The maximum absolute atomic E-state index is 12.5. The topological polar surface area (TPSA) is 160 Å². The Morgan fingerprint density at radius 2 is 2.00 bits per heavy atom. The van der Waals surface area contributed by atoms with Gasteiger partial charge in [-0.2, -0.15) is 20.6 Å². The van der Waals surface area contributed by atoms with E-state index in [2.05, 4.69) is 57.1 Å². The molecule has 1 atom stereocenters. The average Bonchev–Trinajstić information content (AvgIpc) is 3.35. The van der Waals surface area contributed by atoms with E-state index in [4.69, 9.17) is 5.26 Å². The Morgan fingerprint density at radius 3 is 2.72 bits per heavy atom. The van der Waals surface area contributed by atoms with Gasteiger partial charge in [-0.3, -0.25) is 4.79 Å². The van der Waals surface area contributed by atoms with Gasteiger partial charge in [0.05, 0.1) is 23.7 Å². The van der Waals surface area contributed by atoms with Crippen LogP contribution in [0.15, 0.2) is 44.3 Å². The lowest BCUT2D eigenvalue weighted by atomic mass is 9.94. The predicted octanol–water partition coefficient (Wildman–Crippen LogP) is 1.06. The van der Waals surface area contributed by atoms with Gasteiger partial charge in [-0.25, -0.2) is 15.4 Å². The van der Waals surface area contributed by atoms with Gasteiger partial charge in [0, 0.05) is 25.1 Å². The average molecular weight is 429 g/mol. The molecular formula is C20H19N11O. The number of fused-ring (bicyclic) bond motifs is 1. The summed E-state index contributed by atoms with van der Waals surface area (Å²) in [6, 6.07) is 9.52. The van der Waals surface area contributed by atoms with Gasteiger partial charge in [-0.05, 0) is 48.2 Å². The number of hydrazone groups is 1. The summed E-state index contributed by atoms with van der Waals surface area (Å²) >= 11 is 0. The number of amides is 1. The number of hydrogen-bond donors (Lipinski definition) is 2. The molecule has 12 nitrogen and oxygen atoms in total. The number of rotatable bonds is 3. The SMILES string of the molecule is N#CCC1CCN(C2=NC(=Nc3ccc(-c4nn[nH]n4)cc3)C3C(=O)NN=CC3=N2)CC1. The normalized spacial score (nSPS) is 22.1. The number of nitriles is 1. The maximum Gasteiger partial charge on any atom is 0.257 e. The molecule has 5 rings (SSSR count). The third-order valence-electron chi connectivity index (χ3n) is 5.62. The monoisotopic (exact) mass is 429 g/mol. The largest absolute Gasteiger partial charge is 0.341 e. The Morgan fingerprint density at radius 1 is 1.19 bits per heavy atom. The number of hydrogen-bond acceptors (Lipinski definition) is 9. The number of aliphatic imine (C=N–C) groups is 3. The highest BCUT2D eigenvalue weighted by Crippen LogP contribution is 2.25. The van der Waals surface area contributed by atoms with Crippen molar-refractivity contribution in [2.45, 2.75) is 19.3 Å². The molecule has 1 saturated heterocycles. The van der Waals surface area contributed by atoms with Crippen molar-refractivity contribution in [1.82, 2.24) is 30.9 Å². The number of carbonyl (C=O) groups excluding carboxylic acids is 1. The van der Waals surface area contributed by atoms with Crippen molar-refractivity contribution in [2.75, 3.05) is 13.1 Å². The molecule has 1 fully saturated rings. The fourth-order valence-electron chi connectivity index (χ4n) is 3.88. The third-order valence-corrected chi connectivity index (χ3v) is 5.62. The van der Waals surface area contributed by atoms with Gasteiger partial charge in [-0.1, -0.05) is 0 Å². The lowest BCUT2D eigenvalue weighted by Crippen LogP contribution is -2.47. The van der Waals surface area contributed by atoms with Crippen LogP contribution < -0.4 is 5.43 Å². The molecule has 3 aliphatic heterocycles. The molecule has 0 bridgehead atoms. The lowest BCUT2D eigenvalue weighted by molar-refractivity contribution is -0.121. The number of benzene rings is 1. The van der Waals surface area contributed by atoms with Crippen molar-refractivity contribution in [3.05, 3.63) is 24.3 Å². The highest BCUT2D eigenvalue weighted by Gasteiger charge is 2.36. The smallest absolute Gasteiger partial charge is 0.257 e. The summed E-state index contributed by atoms with van der Waals surface area (Å²) < 4.78 is 0. The van der Waals surface area contributed by atoms with Crippen LogP contribution >= 0.6 is 0 Å². The van der Waals surface area contributed by atoms with Gasteiger partial charge in [0.25, 0.3) is 5.91 Å². The molecule has 0 saturated carbocycles. The molecule has 0 spiro atoms. The van der Waals surface area contributed by atoms with Gasteiger partial charge in [0.15, 0.2) is 5.84 Å². The van der Waals surface area contributed by atoms with Gasteiger partial charge < -0.3 is 4.90 Å². The summed E-state index contributed by atoms with van der Waals surface area (Å²) in [6.45, 7) is 1.51. The van der Waals surface area contributed by atoms with E-state index in [9.17, 15) is 4.79 Å². The molecule has 1 amide bonds. The van der Waals surface area contributed by atoms with E-state index < -0.39 is 5.92 Å². The molecule has 32 heavy (non-hydrogen) atoms. The quantitative estimate of drug-likeness (QED) is 0.742. The van der Waals surface area contributed by atoms with Crippen LogP contribution in [-0.2, 0) is 4.79 Å². The van der Waals surface area contributed by atoms with Crippen molar-refractivity contribution < 1.29 is 4.79 Å². The summed E-state index contributed by atoms with van der Waals surface area (Å²) in [4.78, 5) is 28.5. The molecule has 3 aliphatic rings. The first kappa shape index (κ1) is 19.7. The summed E-state index contributed by atoms with van der Waals surface area (Å²) in [5.74, 6) is 0.733. The number of nitrogens with one attached hydrogen (secondary N) is 2. The zero-order valence-corrected chi connectivity index (χ0v) is 17.0. The van der Waals surface area contributed by atoms with E-state index in [0.29, 0.717) is 41.4 Å². The van der Waals surface area contributed by atoms with Crippen LogP contribution in [0, 0.1) is 23.2 Å². The zero-order chi connectivity index (χ0) is 21.9. The zero-order valence-electron chi connectivity index (χ0n) is 17.0. The third kappa shape index (κ3) is 3.87. The summed E-state index contributed by atoms with van der Waals surface area (Å²) in [5, 5.41) is 26.8. The van der Waals surface area contributed by atoms with Crippen molar-refractivity contribution in [1.29, 1.82) is 5.26 Å². The number of aromatic nitrogens is 4. The van der Waals surface area contributed by atoms with Crippen molar-refractivity contribution in [3.63, 3.8) is 0 Å². The van der Waals surface area contributed by atoms with E-state index in [0.717, 1.165) is 31.5 Å². The second-order valence-corrected chi connectivity index (χ2v) is 7.66. The number of guanidine groups is 1. The maximum atomic E-state index is 12.5. The summed E-state index contributed by atoms with van der Waals surface area (Å²) in [5.41, 5.74) is 4.41. The van der Waals surface area contributed by atoms with Crippen molar-refractivity contribution >= 4 is 35.3 Å². The molecule has 1 aromatic carbocycles. The standard InChI is InChI=1S/C20H19N11O/c21-8-5-12-6-9-31(10-7-12)20-24-15-11-22-28-19(32)16(15)18(25-20)23-14-3-1-13(2-4-14)17-26-29-30-27-17/h1-4,11-12,16H,5-7,9-10H2,(H,28,32)(H,26,27,29,30). The Kier molecular flexibility index (Phi) is 5.20. The second-order valence-electron chi connectivity index (χ2n) is 7.66. The van der Waals surface area contributed by atoms with E-state index in [1.807, 2.05) is 24.3 Å². The molecule has 1 unspecified atom stereocenters.